The molecule has 5 nitrogen and oxygen atoms in total. The number of fused-ring (bicyclic) bond motifs is 1. The van der Waals surface area contributed by atoms with E-state index < -0.39 is 15.6 Å². The molecule has 0 bridgehead atoms. The molecule has 0 aliphatic heterocycles. The summed E-state index contributed by atoms with van der Waals surface area (Å²) in [6.45, 7) is 4.33. The number of sulfonamides is 1. The molecule has 1 atom stereocenters. The van der Waals surface area contributed by atoms with Crippen LogP contribution in [0.3, 0.4) is 0 Å². The summed E-state index contributed by atoms with van der Waals surface area (Å²) in [6, 6.07) is 6.27. The van der Waals surface area contributed by atoms with Gasteiger partial charge in [-0.15, -0.1) is 0 Å². The van der Waals surface area contributed by atoms with Gasteiger partial charge in [-0.25, -0.2) is 13.1 Å². The zero-order chi connectivity index (χ0) is 15.0. The Bertz CT molecular complexity index is 596. The number of aryl methyl sites for hydroxylation is 1. The van der Waals surface area contributed by atoms with Gasteiger partial charge >= 0.3 is 0 Å². The Morgan fingerprint density at radius 3 is 2.75 bits per heavy atom. The largest absolute Gasteiger partial charge is 0.399 e. The molecule has 2 rings (SSSR count). The summed E-state index contributed by atoms with van der Waals surface area (Å²) in [7, 11) is -3.20. The number of hydrogen-bond acceptors (Lipinski definition) is 4. The number of hydrogen-bond donors (Lipinski definition) is 3. The lowest BCUT2D eigenvalue weighted by Gasteiger charge is -2.27. The summed E-state index contributed by atoms with van der Waals surface area (Å²) >= 11 is 0. The van der Waals surface area contributed by atoms with Crippen LogP contribution in [0.1, 0.15) is 37.4 Å². The van der Waals surface area contributed by atoms with Crippen LogP contribution in [0.25, 0.3) is 0 Å². The number of nitrogens with two attached hydrogens (primary N) is 1. The highest BCUT2D eigenvalue weighted by Crippen LogP contribution is 2.32. The Balaban J connectivity index is 2.00. The Morgan fingerprint density at radius 1 is 1.40 bits per heavy atom. The minimum absolute atomic E-state index is 0.270. The molecule has 1 aromatic carbocycles. The number of nitrogen functional groups attached to an aromatic ring is 1. The molecule has 0 heterocycles. The Labute approximate surface area is 121 Å². The van der Waals surface area contributed by atoms with Crippen molar-refractivity contribution in [3.8, 4) is 0 Å². The monoisotopic (exact) mass is 297 g/mol. The summed E-state index contributed by atoms with van der Waals surface area (Å²) in [6.07, 6.45) is 3.22. The molecule has 0 radical (unpaired) electrons. The number of rotatable bonds is 5. The molecule has 1 unspecified atom stereocenters. The van der Waals surface area contributed by atoms with Gasteiger partial charge in [0.1, 0.15) is 0 Å². The molecule has 0 spiro atoms. The molecular formula is C14H23N3O2S. The van der Waals surface area contributed by atoms with Crippen LogP contribution in [0.4, 0.5) is 5.69 Å². The quantitative estimate of drug-likeness (QED) is 0.712. The molecule has 0 amide bonds. The van der Waals surface area contributed by atoms with E-state index in [0.29, 0.717) is 6.54 Å². The topological polar surface area (TPSA) is 84.2 Å². The number of nitrogens with one attached hydrogen (secondary N) is 2. The second kappa shape index (κ2) is 5.35. The zero-order valence-corrected chi connectivity index (χ0v) is 13.0. The van der Waals surface area contributed by atoms with Crippen molar-refractivity contribution >= 4 is 15.7 Å². The second-order valence-corrected chi connectivity index (χ2v) is 7.94. The van der Waals surface area contributed by atoms with Gasteiger partial charge in [-0.3, -0.25) is 0 Å². The molecular weight excluding hydrogens is 274 g/mol. The smallest absolute Gasteiger partial charge is 0.209 e. The van der Waals surface area contributed by atoms with Crippen molar-refractivity contribution in [2.24, 2.45) is 0 Å². The van der Waals surface area contributed by atoms with Gasteiger partial charge in [0.05, 0.1) is 6.26 Å². The van der Waals surface area contributed by atoms with E-state index in [1.807, 2.05) is 26.0 Å². The summed E-state index contributed by atoms with van der Waals surface area (Å²) in [4.78, 5) is 0. The first-order valence-electron chi connectivity index (χ1n) is 6.77. The van der Waals surface area contributed by atoms with E-state index in [-0.39, 0.29) is 6.04 Å². The first-order chi connectivity index (χ1) is 9.16. The molecule has 1 aliphatic rings. The van der Waals surface area contributed by atoms with Gasteiger partial charge in [0.25, 0.3) is 0 Å². The lowest BCUT2D eigenvalue weighted by molar-refractivity contribution is 0.389. The highest BCUT2D eigenvalue weighted by atomic mass is 32.2. The minimum atomic E-state index is -3.20. The fourth-order valence-corrected chi connectivity index (χ4v) is 3.84. The number of anilines is 1. The van der Waals surface area contributed by atoms with E-state index in [1.165, 1.54) is 17.4 Å². The lowest BCUT2D eigenvalue weighted by atomic mass is 10.0. The second-order valence-electron chi connectivity index (χ2n) is 6.19. The average molecular weight is 297 g/mol. The molecule has 0 saturated heterocycles. The van der Waals surface area contributed by atoms with Crippen LogP contribution in [0.15, 0.2) is 18.2 Å². The van der Waals surface area contributed by atoms with Gasteiger partial charge in [-0.05, 0) is 49.9 Å². The van der Waals surface area contributed by atoms with Crippen molar-refractivity contribution in [1.82, 2.24) is 10.0 Å². The van der Waals surface area contributed by atoms with Crippen molar-refractivity contribution in [3.05, 3.63) is 29.3 Å². The third-order valence-corrected chi connectivity index (χ3v) is 4.42. The van der Waals surface area contributed by atoms with Crippen LogP contribution in [0.5, 0.6) is 0 Å². The van der Waals surface area contributed by atoms with Gasteiger partial charge in [0.2, 0.25) is 10.0 Å². The third-order valence-electron chi connectivity index (χ3n) is 3.50. The van der Waals surface area contributed by atoms with Crippen molar-refractivity contribution < 1.29 is 8.42 Å². The average Bonchev–Trinajstić information content (AvgIpc) is 2.65. The van der Waals surface area contributed by atoms with Crippen molar-refractivity contribution in [2.45, 2.75) is 38.3 Å². The molecule has 20 heavy (non-hydrogen) atoms. The SMILES string of the molecule is CC(C)(CNC1CCc2cc(N)ccc21)NS(C)(=O)=O. The van der Waals surface area contributed by atoms with Crippen LogP contribution in [0, 0.1) is 0 Å². The molecule has 6 heteroatoms. The van der Waals surface area contributed by atoms with Crippen molar-refractivity contribution in [2.75, 3.05) is 18.5 Å². The van der Waals surface area contributed by atoms with Gasteiger partial charge in [0.15, 0.2) is 0 Å². The normalized spacial score (nSPS) is 19.1. The predicted molar refractivity (Wildman–Crippen MR) is 82.0 cm³/mol. The van der Waals surface area contributed by atoms with Gasteiger partial charge in [-0.1, -0.05) is 6.07 Å². The molecule has 4 N–H and O–H groups in total. The fraction of sp³-hybridized carbons (Fsp3) is 0.571. The van der Waals surface area contributed by atoms with E-state index in [9.17, 15) is 8.42 Å². The molecule has 0 saturated carbocycles. The molecule has 112 valence electrons. The first kappa shape index (κ1) is 15.3. The van der Waals surface area contributed by atoms with E-state index >= 15 is 0 Å². The Morgan fingerprint density at radius 2 is 2.10 bits per heavy atom. The van der Waals surface area contributed by atoms with Crippen LogP contribution < -0.4 is 15.8 Å². The summed E-state index contributed by atoms with van der Waals surface area (Å²) < 4.78 is 25.3. The standard InChI is InChI=1S/C14H23N3O2S/c1-14(2,17-20(3,18)19)9-16-13-7-4-10-8-11(15)5-6-12(10)13/h5-6,8,13,16-17H,4,7,9,15H2,1-3H3. The van der Waals surface area contributed by atoms with Crippen molar-refractivity contribution in [3.63, 3.8) is 0 Å². The highest BCUT2D eigenvalue weighted by Gasteiger charge is 2.26. The van der Waals surface area contributed by atoms with Crippen molar-refractivity contribution in [1.29, 1.82) is 0 Å². The maximum atomic E-state index is 11.3. The third kappa shape index (κ3) is 3.94. The fourth-order valence-electron chi connectivity index (χ4n) is 2.77. The van der Waals surface area contributed by atoms with Crippen LogP contribution in [-0.2, 0) is 16.4 Å². The van der Waals surface area contributed by atoms with E-state index in [4.69, 9.17) is 5.73 Å². The van der Waals surface area contributed by atoms with E-state index in [1.54, 1.807) is 0 Å². The van der Waals surface area contributed by atoms with Crippen LogP contribution in [0.2, 0.25) is 0 Å². The zero-order valence-electron chi connectivity index (χ0n) is 12.2. The number of benzene rings is 1. The minimum Gasteiger partial charge on any atom is -0.399 e. The van der Waals surface area contributed by atoms with Crippen LogP contribution >= 0.6 is 0 Å². The first-order valence-corrected chi connectivity index (χ1v) is 8.66. The van der Waals surface area contributed by atoms with Gasteiger partial charge in [0, 0.05) is 23.8 Å². The Kier molecular flexibility index (Phi) is 4.09. The summed E-state index contributed by atoms with van der Waals surface area (Å²) in [5.74, 6) is 0. The molecule has 0 fully saturated rings. The van der Waals surface area contributed by atoms with Crippen LogP contribution in [-0.4, -0.2) is 26.8 Å². The maximum absolute atomic E-state index is 11.3. The van der Waals surface area contributed by atoms with E-state index in [2.05, 4.69) is 16.1 Å². The highest BCUT2D eigenvalue weighted by molar-refractivity contribution is 7.88. The Hall–Kier alpha value is -1.11. The maximum Gasteiger partial charge on any atom is 0.209 e. The predicted octanol–water partition coefficient (Wildman–Crippen LogP) is 1.17. The lowest BCUT2D eigenvalue weighted by Crippen LogP contribution is -2.50. The summed E-state index contributed by atoms with van der Waals surface area (Å²) in [5.41, 5.74) is 8.64. The van der Waals surface area contributed by atoms with E-state index in [0.717, 1.165) is 18.5 Å². The van der Waals surface area contributed by atoms with Gasteiger partial charge in [-0.2, -0.15) is 0 Å². The van der Waals surface area contributed by atoms with Gasteiger partial charge < -0.3 is 11.1 Å². The molecule has 1 aromatic rings. The molecule has 1 aliphatic carbocycles. The molecule has 0 aromatic heterocycles. The summed E-state index contributed by atoms with van der Waals surface area (Å²) in [5, 5.41) is 3.45.